The average Bonchev–Trinajstić information content (AvgIpc) is 2.64. The smallest absolute Gasteiger partial charge is 0.203 e. The number of hydrogen-bond acceptors (Lipinski definition) is 5. The van der Waals surface area contributed by atoms with Crippen molar-refractivity contribution in [3.8, 4) is 17.2 Å². The van der Waals surface area contributed by atoms with Gasteiger partial charge in [0.1, 0.15) is 0 Å². The summed E-state index contributed by atoms with van der Waals surface area (Å²) in [5.74, 6) is 3.89. The van der Waals surface area contributed by atoms with Crippen LogP contribution in [-0.4, -0.2) is 52.4 Å². The predicted octanol–water partition coefficient (Wildman–Crippen LogP) is 3.53. The standard InChI is InChI=1S/C18H31N3O3S.HI/c1-6-19-18(20-9-7-8-10-25-5)21-13-14-11-15(22-2)17(24-4)16(12-14)23-3;/h11-12H,6-10,13H2,1-5H3,(H2,19,20,21);1H. The van der Waals surface area contributed by atoms with Crippen molar-refractivity contribution in [3.05, 3.63) is 17.7 Å². The molecule has 0 unspecified atom stereocenters. The Morgan fingerprint density at radius 1 is 1.04 bits per heavy atom. The van der Waals surface area contributed by atoms with Gasteiger partial charge in [0.05, 0.1) is 27.9 Å². The van der Waals surface area contributed by atoms with E-state index in [0.29, 0.717) is 23.8 Å². The lowest BCUT2D eigenvalue weighted by Crippen LogP contribution is -2.37. The highest BCUT2D eigenvalue weighted by Crippen LogP contribution is 2.38. The molecule has 2 N–H and O–H groups in total. The van der Waals surface area contributed by atoms with Gasteiger partial charge in [0.2, 0.25) is 5.75 Å². The average molecular weight is 497 g/mol. The quantitative estimate of drug-likeness (QED) is 0.211. The van der Waals surface area contributed by atoms with Crippen molar-refractivity contribution in [1.29, 1.82) is 0 Å². The van der Waals surface area contributed by atoms with E-state index < -0.39 is 0 Å². The number of guanidine groups is 1. The molecule has 0 aliphatic carbocycles. The Labute approximate surface area is 178 Å². The van der Waals surface area contributed by atoms with Crippen LogP contribution in [0, 0.1) is 0 Å². The number of halogens is 1. The molecule has 0 heterocycles. The van der Waals surface area contributed by atoms with Crippen molar-refractivity contribution in [1.82, 2.24) is 10.6 Å². The van der Waals surface area contributed by atoms with E-state index in [-0.39, 0.29) is 24.0 Å². The van der Waals surface area contributed by atoms with Gasteiger partial charge in [0.25, 0.3) is 0 Å². The molecular formula is C18H32IN3O3S. The zero-order chi connectivity index (χ0) is 18.5. The van der Waals surface area contributed by atoms with Gasteiger partial charge in [-0.2, -0.15) is 11.8 Å². The normalized spacial score (nSPS) is 10.7. The summed E-state index contributed by atoms with van der Waals surface area (Å²) in [5, 5.41) is 6.64. The SMILES string of the molecule is CCNC(=NCc1cc(OC)c(OC)c(OC)c1)NCCCCSC.I. The molecule has 150 valence electrons. The molecule has 26 heavy (non-hydrogen) atoms. The summed E-state index contributed by atoms with van der Waals surface area (Å²) in [7, 11) is 4.83. The van der Waals surface area contributed by atoms with E-state index in [1.165, 1.54) is 12.2 Å². The number of methoxy groups -OCH3 is 3. The van der Waals surface area contributed by atoms with Crippen molar-refractivity contribution in [3.63, 3.8) is 0 Å². The fourth-order valence-electron chi connectivity index (χ4n) is 2.32. The van der Waals surface area contributed by atoms with Crippen molar-refractivity contribution in [2.75, 3.05) is 46.4 Å². The van der Waals surface area contributed by atoms with Crippen LogP contribution in [0.4, 0.5) is 0 Å². The second kappa shape index (κ2) is 15.1. The molecule has 0 amide bonds. The van der Waals surface area contributed by atoms with Gasteiger partial charge < -0.3 is 24.8 Å². The van der Waals surface area contributed by atoms with Gasteiger partial charge in [-0.1, -0.05) is 0 Å². The molecule has 1 rings (SSSR count). The number of hydrogen-bond donors (Lipinski definition) is 2. The third-order valence-corrected chi connectivity index (χ3v) is 4.25. The Bertz CT molecular complexity index is 519. The van der Waals surface area contributed by atoms with Crippen LogP contribution < -0.4 is 24.8 Å². The maximum atomic E-state index is 5.39. The third kappa shape index (κ3) is 8.57. The second-order valence-corrected chi connectivity index (χ2v) is 6.34. The van der Waals surface area contributed by atoms with Crippen LogP contribution >= 0.6 is 35.7 Å². The van der Waals surface area contributed by atoms with Gasteiger partial charge in [0, 0.05) is 13.1 Å². The zero-order valence-corrected chi connectivity index (χ0v) is 19.5. The maximum Gasteiger partial charge on any atom is 0.203 e. The summed E-state index contributed by atoms with van der Waals surface area (Å²) in [4.78, 5) is 4.65. The summed E-state index contributed by atoms with van der Waals surface area (Å²) < 4.78 is 16.1. The van der Waals surface area contributed by atoms with Crippen LogP contribution in [0.15, 0.2) is 17.1 Å². The van der Waals surface area contributed by atoms with E-state index in [1.807, 2.05) is 23.9 Å². The molecule has 0 bridgehead atoms. The van der Waals surface area contributed by atoms with E-state index >= 15 is 0 Å². The first-order valence-electron chi connectivity index (χ1n) is 8.50. The van der Waals surface area contributed by atoms with Crippen molar-refractivity contribution < 1.29 is 14.2 Å². The van der Waals surface area contributed by atoms with E-state index in [1.54, 1.807) is 21.3 Å². The lowest BCUT2D eigenvalue weighted by Gasteiger charge is -2.14. The Kier molecular flexibility index (Phi) is 14.5. The number of aliphatic imine (C=N–C) groups is 1. The molecule has 1 aromatic carbocycles. The van der Waals surface area contributed by atoms with E-state index in [4.69, 9.17) is 14.2 Å². The Morgan fingerprint density at radius 3 is 2.19 bits per heavy atom. The molecular weight excluding hydrogens is 465 g/mol. The first kappa shape index (κ1) is 25.0. The highest BCUT2D eigenvalue weighted by atomic mass is 127. The summed E-state index contributed by atoms with van der Waals surface area (Å²) in [6, 6.07) is 3.85. The minimum absolute atomic E-state index is 0. The Morgan fingerprint density at radius 2 is 1.69 bits per heavy atom. The molecule has 0 saturated carbocycles. The van der Waals surface area contributed by atoms with Gasteiger partial charge in [-0.15, -0.1) is 24.0 Å². The van der Waals surface area contributed by atoms with Gasteiger partial charge in [0.15, 0.2) is 17.5 Å². The van der Waals surface area contributed by atoms with E-state index in [2.05, 4.69) is 28.8 Å². The predicted molar refractivity (Wildman–Crippen MR) is 122 cm³/mol. The topological polar surface area (TPSA) is 64.1 Å². The second-order valence-electron chi connectivity index (χ2n) is 5.36. The van der Waals surface area contributed by atoms with Gasteiger partial charge in [-0.25, -0.2) is 4.99 Å². The fraction of sp³-hybridized carbons (Fsp3) is 0.611. The van der Waals surface area contributed by atoms with Crippen molar-refractivity contribution in [2.45, 2.75) is 26.3 Å². The number of ether oxygens (including phenoxy) is 3. The highest BCUT2D eigenvalue weighted by Gasteiger charge is 2.13. The number of thioether (sulfide) groups is 1. The molecule has 0 radical (unpaired) electrons. The highest BCUT2D eigenvalue weighted by molar-refractivity contribution is 14.0. The largest absolute Gasteiger partial charge is 0.493 e. The van der Waals surface area contributed by atoms with Crippen LogP contribution in [0.2, 0.25) is 0 Å². The Balaban J connectivity index is 0.00000625. The van der Waals surface area contributed by atoms with E-state index in [0.717, 1.165) is 31.0 Å². The fourth-order valence-corrected chi connectivity index (χ4v) is 2.81. The molecule has 0 aliphatic heterocycles. The molecule has 6 nitrogen and oxygen atoms in total. The summed E-state index contributed by atoms with van der Waals surface area (Å²) in [5.41, 5.74) is 0.995. The van der Waals surface area contributed by atoms with Crippen LogP contribution in [0.3, 0.4) is 0 Å². The summed E-state index contributed by atoms with van der Waals surface area (Å²) in [6.45, 7) is 4.33. The first-order chi connectivity index (χ1) is 12.2. The van der Waals surface area contributed by atoms with Crippen LogP contribution in [0.25, 0.3) is 0 Å². The summed E-state index contributed by atoms with van der Waals surface area (Å²) >= 11 is 1.88. The van der Waals surface area contributed by atoms with Gasteiger partial charge in [-0.05, 0) is 49.5 Å². The molecule has 0 saturated heterocycles. The van der Waals surface area contributed by atoms with E-state index in [9.17, 15) is 0 Å². The Hall–Kier alpha value is -1.03. The molecule has 0 aliphatic rings. The molecule has 0 atom stereocenters. The minimum Gasteiger partial charge on any atom is -0.493 e. The first-order valence-corrected chi connectivity index (χ1v) is 9.89. The molecule has 0 aromatic heterocycles. The lowest BCUT2D eigenvalue weighted by molar-refractivity contribution is 0.324. The van der Waals surface area contributed by atoms with Crippen molar-refractivity contribution in [2.24, 2.45) is 4.99 Å². The molecule has 8 heteroatoms. The maximum absolute atomic E-state index is 5.39. The van der Waals surface area contributed by atoms with Crippen LogP contribution in [0.1, 0.15) is 25.3 Å². The molecule has 0 spiro atoms. The van der Waals surface area contributed by atoms with Gasteiger partial charge >= 0.3 is 0 Å². The molecule has 1 aromatic rings. The van der Waals surface area contributed by atoms with Crippen molar-refractivity contribution >= 4 is 41.7 Å². The van der Waals surface area contributed by atoms with Crippen LogP contribution in [0.5, 0.6) is 17.2 Å². The number of benzene rings is 1. The number of rotatable bonds is 11. The lowest BCUT2D eigenvalue weighted by atomic mass is 10.2. The molecule has 0 fully saturated rings. The van der Waals surface area contributed by atoms with Crippen LogP contribution in [-0.2, 0) is 6.54 Å². The number of unbranched alkanes of at least 4 members (excludes halogenated alkanes) is 1. The minimum atomic E-state index is 0. The zero-order valence-electron chi connectivity index (χ0n) is 16.4. The summed E-state index contributed by atoms with van der Waals surface area (Å²) in [6.07, 6.45) is 4.48. The third-order valence-electron chi connectivity index (χ3n) is 3.56. The number of nitrogens with one attached hydrogen (secondary N) is 2. The monoisotopic (exact) mass is 497 g/mol. The van der Waals surface area contributed by atoms with Gasteiger partial charge in [-0.3, -0.25) is 0 Å². The number of nitrogens with zero attached hydrogens (tertiary/aromatic N) is 1.